The van der Waals surface area contributed by atoms with Crippen LogP contribution in [0.2, 0.25) is 5.02 Å². The molecule has 1 N–H and O–H groups in total. The molecule has 1 amide bonds. The predicted molar refractivity (Wildman–Crippen MR) is 207 cm³/mol. The average molecular weight is 736 g/mol. The van der Waals surface area contributed by atoms with Crippen LogP contribution in [0.1, 0.15) is 86.7 Å². The maximum Gasteiger partial charge on any atom is 0.262 e. The number of nitrogens with zero attached hydrogens (tertiary/aromatic N) is 4. The van der Waals surface area contributed by atoms with E-state index in [4.69, 9.17) is 26.3 Å². The number of anilines is 1. The second kappa shape index (κ2) is 13.5. The van der Waals surface area contributed by atoms with Gasteiger partial charge in [-0.2, -0.15) is 0 Å². The Hall–Kier alpha value is -2.95. The summed E-state index contributed by atoms with van der Waals surface area (Å²) in [5.74, 6) is 6.49. The number of benzene rings is 2. The fourth-order valence-corrected chi connectivity index (χ4v) is 11.6. The minimum absolute atomic E-state index is 0.109. The normalized spacial score (nSPS) is 35.8. The van der Waals surface area contributed by atoms with Gasteiger partial charge in [-0.25, -0.2) is 4.21 Å². The van der Waals surface area contributed by atoms with Crippen molar-refractivity contribution >= 4 is 44.6 Å². The quantitative estimate of drug-likeness (QED) is 0.326. The number of piperazine rings is 1. The lowest BCUT2D eigenvalue weighted by atomic mass is 9.62. The molecule has 2 bridgehead atoms. The summed E-state index contributed by atoms with van der Waals surface area (Å²) >= 11 is 6.51. The number of hydrogen-bond acceptors (Lipinski definition) is 8. The van der Waals surface area contributed by atoms with Crippen LogP contribution >= 0.6 is 11.6 Å². The largest absolute Gasteiger partial charge is 0.490 e. The Kier molecular flexibility index (Phi) is 9.27. The molecule has 1 saturated carbocycles. The van der Waals surface area contributed by atoms with E-state index in [0.29, 0.717) is 24.0 Å². The van der Waals surface area contributed by atoms with E-state index < -0.39 is 9.71 Å². The van der Waals surface area contributed by atoms with Crippen LogP contribution in [0.5, 0.6) is 5.75 Å². The molecule has 11 heteroatoms. The number of amidine groups is 1. The van der Waals surface area contributed by atoms with Gasteiger partial charge >= 0.3 is 0 Å². The summed E-state index contributed by atoms with van der Waals surface area (Å²) < 4.78 is 23.6. The number of ether oxygens (including phenoxy) is 1. The van der Waals surface area contributed by atoms with Crippen LogP contribution in [-0.4, -0.2) is 95.4 Å². The number of rotatable bonds is 0. The van der Waals surface area contributed by atoms with Gasteiger partial charge in [0, 0.05) is 66.4 Å². The number of likely N-dealkylation sites (N-methyl/N-ethyl adjacent to an activating group) is 1. The molecular weight excluding hydrogens is 682 g/mol. The SMILES string of the molecule is C=S1(=O)NC(=O)c2ccc3c(c2)N(C[C@@H]2CC[C@H]2[C@@]2(CCC[C@H](C)[C@H]1C)CC(N1CCN(C)CC1)=NO2)C[C@@]1(CCCc2cc(Cl)ccc21)CO3. The van der Waals surface area contributed by atoms with Gasteiger partial charge in [-0.1, -0.05) is 29.7 Å². The van der Waals surface area contributed by atoms with Crippen molar-refractivity contribution in [2.24, 2.45) is 22.9 Å². The number of hydrogen-bond donors (Lipinski definition) is 1. The fraction of sp³-hybridized carbons (Fsp3) is 0.625. The number of fused-ring (bicyclic) bond motifs is 5. The van der Waals surface area contributed by atoms with Gasteiger partial charge in [0.1, 0.15) is 17.2 Å². The molecule has 0 radical (unpaired) electrons. The second-order valence-electron chi connectivity index (χ2n) is 16.6. The van der Waals surface area contributed by atoms with E-state index >= 15 is 0 Å². The lowest BCUT2D eigenvalue weighted by molar-refractivity contribution is -0.118. The molecule has 4 aliphatic heterocycles. The molecule has 6 aliphatic rings. The molecule has 1 unspecified atom stereocenters. The Balaban J connectivity index is 1.17. The maximum atomic E-state index is 14.0. The summed E-state index contributed by atoms with van der Waals surface area (Å²) in [4.78, 5) is 27.8. The van der Waals surface area contributed by atoms with Crippen LogP contribution in [0.3, 0.4) is 0 Å². The van der Waals surface area contributed by atoms with Gasteiger partial charge in [0.15, 0.2) is 0 Å². The number of aryl methyl sites for hydroxylation is 1. The Morgan fingerprint density at radius 3 is 2.63 bits per heavy atom. The zero-order valence-electron chi connectivity index (χ0n) is 30.5. The van der Waals surface area contributed by atoms with Gasteiger partial charge in [-0.3, -0.25) is 9.52 Å². The van der Waals surface area contributed by atoms with E-state index in [9.17, 15) is 9.00 Å². The first-order valence-corrected chi connectivity index (χ1v) is 21.3. The molecule has 276 valence electrons. The van der Waals surface area contributed by atoms with E-state index in [1.54, 1.807) is 6.07 Å². The monoisotopic (exact) mass is 735 g/mol. The van der Waals surface area contributed by atoms with E-state index in [2.05, 4.69) is 51.4 Å². The van der Waals surface area contributed by atoms with Crippen LogP contribution in [0.25, 0.3) is 0 Å². The topological polar surface area (TPSA) is 86.7 Å². The first kappa shape index (κ1) is 35.1. The molecule has 2 aliphatic carbocycles. The summed E-state index contributed by atoms with van der Waals surface area (Å²) in [5, 5.41) is 5.33. The Morgan fingerprint density at radius 1 is 1.02 bits per heavy atom. The van der Waals surface area contributed by atoms with E-state index in [1.807, 2.05) is 25.1 Å². The molecule has 7 atom stereocenters. The minimum atomic E-state index is -2.92. The van der Waals surface area contributed by atoms with Crippen molar-refractivity contribution in [3.8, 4) is 5.75 Å². The third-order valence-electron chi connectivity index (χ3n) is 13.4. The zero-order valence-corrected chi connectivity index (χ0v) is 32.1. The number of amides is 1. The zero-order chi connectivity index (χ0) is 35.5. The number of oxime groups is 1. The predicted octanol–water partition coefficient (Wildman–Crippen LogP) is 6.13. The van der Waals surface area contributed by atoms with Gasteiger partial charge < -0.3 is 24.3 Å². The smallest absolute Gasteiger partial charge is 0.262 e. The van der Waals surface area contributed by atoms with Crippen molar-refractivity contribution in [1.29, 1.82) is 0 Å². The molecule has 0 aromatic heterocycles. The molecule has 8 rings (SSSR count). The molecule has 2 aromatic rings. The highest BCUT2D eigenvalue weighted by molar-refractivity contribution is 7.99. The Labute approximate surface area is 309 Å². The first-order valence-electron chi connectivity index (χ1n) is 19.1. The molecule has 2 fully saturated rings. The van der Waals surface area contributed by atoms with Crippen LogP contribution < -0.4 is 14.4 Å². The summed E-state index contributed by atoms with van der Waals surface area (Å²) in [6.07, 6.45) is 8.89. The number of halogens is 1. The van der Waals surface area contributed by atoms with Gasteiger partial charge in [-0.05, 0) is 125 Å². The van der Waals surface area contributed by atoms with E-state index in [-0.39, 0.29) is 28.1 Å². The summed E-state index contributed by atoms with van der Waals surface area (Å²) in [5.41, 5.74) is 3.45. The molecular formula is C40H54ClN5O4S. The van der Waals surface area contributed by atoms with Gasteiger partial charge in [0.2, 0.25) is 0 Å². The number of carbonyl (C=O) groups excluding carboxylic acids is 1. The van der Waals surface area contributed by atoms with Crippen molar-refractivity contribution in [1.82, 2.24) is 14.5 Å². The Bertz CT molecular complexity index is 1810. The van der Waals surface area contributed by atoms with E-state index in [0.717, 1.165) is 119 Å². The molecule has 2 spiro atoms. The molecule has 4 heterocycles. The highest BCUT2D eigenvalue weighted by Gasteiger charge is 2.54. The third kappa shape index (κ3) is 6.52. The third-order valence-corrected chi connectivity index (χ3v) is 15.9. The highest BCUT2D eigenvalue weighted by Crippen LogP contribution is 2.52. The van der Waals surface area contributed by atoms with Gasteiger partial charge in [0.25, 0.3) is 5.91 Å². The summed E-state index contributed by atoms with van der Waals surface area (Å²) in [6.45, 7) is 10.3. The maximum absolute atomic E-state index is 14.0. The lowest BCUT2D eigenvalue weighted by Gasteiger charge is -2.49. The number of carbonyl (C=O) groups is 1. The fourth-order valence-electron chi connectivity index (χ4n) is 9.89. The second-order valence-corrected chi connectivity index (χ2v) is 19.4. The summed E-state index contributed by atoms with van der Waals surface area (Å²) in [7, 11) is -0.735. The van der Waals surface area contributed by atoms with Crippen LogP contribution in [0, 0.1) is 17.8 Å². The van der Waals surface area contributed by atoms with Crippen LogP contribution in [0.4, 0.5) is 5.69 Å². The van der Waals surface area contributed by atoms with Crippen molar-refractivity contribution in [2.75, 3.05) is 57.8 Å². The first-order chi connectivity index (χ1) is 24.5. The minimum Gasteiger partial charge on any atom is -0.490 e. The molecule has 1 saturated heterocycles. The van der Waals surface area contributed by atoms with Crippen LogP contribution in [-0.2, 0) is 26.4 Å². The van der Waals surface area contributed by atoms with E-state index in [1.165, 1.54) is 11.1 Å². The molecule has 9 nitrogen and oxygen atoms in total. The van der Waals surface area contributed by atoms with Crippen LogP contribution in [0.15, 0.2) is 41.6 Å². The van der Waals surface area contributed by atoms with Gasteiger partial charge in [0.05, 0.1) is 28.4 Å². The average Bonchev–Trinajstić information content (AvgIpc) is 3.45. The van der Waals surface area contributed by atoms with Crippen molar-refractivity contribution in [2.45, 2.75) is 87.9 Å². The van der Waals surface area contributed by atoms with Gasteiger partial charge in [-0.15, -0.1) is 0 Å². The summed E-state index contributed by atoms with van der Waals surface area (Å²) in [6, 6.07) is 12.0. The van der Waals surface area contributed by atoms with Crippen molar-refractivity contribution in [3.05, 3.63) is 58.1 Å². The number of nitrogens with one attached hydrogen (secondary N) is 1. The van der Waals surface area contributed by atoms with Crippen molar-refractivity contribution < 1.29 is 18.6 Å². The highest BCUT2D eigenvalue weighted by atomic mass is 35.5. The standard InChI is InChI=1S/C40H54ClN5O4S/c1-27-7-5-16-40(23-37(42-50-40)45-19-17-44(3)18-20-45)34-12-9-31(34)24-46-25-39(15-6-8-29-21-32(41)11-13-33(29)39)26-49-36-14-10-30(22-35(36)46)38(47)43-51(4,48)28(27)2/h10-11,13-14,21-22,27-28,31,34H,4-9,12,15-20,23-26H2,1-3H3,(H,43,47,48)/t27-,28+,31-,34+,39-,40+,51?/m0/s1. The lowest BCUT2D eigenvalue weighted by Crippen LogP contribution is -2.54. The van der Waals surface area contributed by atoms with Crippen molar-refractivity contribution in [3.63, 3.8) is 0 Å². The molecule has 51 heavy (non-hydrogen) atoms. The molecule has 2 aromatic carbocycles. The Morgan fingerprint density at radius 2 is 1.84 bits per heavy atom.